The van der Waals surface area contributed by atoms with Crippen LogP contribution in [0.1, 0.15) is 67.4 Å². The molecule has 0 radical (unpaired) electrons. The lowest BCUT2D eigenvalue weighted by Gasteiger charge is -2.52. The summed E-state index contributed by atoms with van der Waals surface area (Å²) in [5.41, 5.74) is 1.68. The van der Waals surface area contributed by atoms with Crippen molar-refractivity contribution in [2.24, 2.45) is 11.3 Å². The number of carboxylic acid groups (broad SMARTS) is 1. The highest BCUT2D eigenvalue weighted by Gasteiger charge is 2.55. The van der Waals surface area contributed by atoms with E-state index in [2.05, 4.69) is 4.98 Å². The van der Waals surface area contributed by atoms with Gasteiger partial charge in [0.25, 0.3) is 0 Å². The van der Waals surface area contributed by atoms with Gasteiger partial charge < -0.3 is 10.0 Å². The first kappa shape index (κ1) is 24.8. The molecule has 0 bridgehead atoms. The van der Waals surface area contributed by atoms with Gasteiger partial charge in [0.1, 0.15) is 0 Å². The van der Waals surface area contributed by atoms with Crippen LogP contribution >= 0.6 is 23.2 Å². The van der Waals surface area contributed by atoms with Gasteiger partial charge in [-0.1, -0.05) is 60.5 Å². The number of piperidine rings is 1. The largest absolute Gasteiger partial charge is 0.481 e. The van der Waals surface area contributed by atoms with E-state index in [0.29, 0.717) is 16.5 Å². The molecule has 1 saturated heterocycles. The van der Waals surface area contributed by atoms with Crippen LogP contribution in [0.25, 0.3) is 0 Å². The lowest BCUT2D eigenvalue weighted by atomic mass is 9.66. The average molecular weight is 523 g/mol. The molecule has 0 unspecified atom stereocenters. The van der Waals surface area contributed by atoms with E-state index in [1.54, 1.807) is 13.1 Å². The van der Waals surface area contributed by atoms with E-state index in [-0.39, 0.29) is 36.2 Å². The molecule has 1 aromatic heterocycles. The summed E-state index contributed by atoms with van der Waals surface area (Å²) in [4.78, 5) is 33.0. The number of rotatable bonds is 7. The summed E-state index contributed by atoms with van der Waals surface area (Å²) in [5.74, 6) is -1.03. The van der Waals surface area contributed by atoms with Gasteiger partial charge in [-0.3, -0.25) is 14.6 Å². The van der Waals surface area contributed by atoms with Gasteiger partial charge in [-0.15, -0.1) is 0 Å². The van der Waals surface area contributed by atoms with Crippen molar-refractivity contribution in [3.8, 4) is 0 Å². The SMILES string of the molecule is C[C@]1(CC(=O)O)C[C@H](c2cccc(Cl)c2)[C@@H](c2ccc(Cl)cc2)N([C@@H](c2ccccn2)C2CC2)C1=O. The molecule has 1 aliphatic carbocycles. The van der Waals surface area contributed by atoms with Gasteiger partial charge in [-0.2, -0.15) is 0 Å². The maximum Gasteiger partial charge on any atom is 0.304 e. The highest BCUT2D eigenvalue weighted by atomic mass is 35.5. The first-order valence-electron chi connectivity index (χ1n) is 12.2. The number of carbonyl (C=O) groups excluding carboxylic acids is 1. The number of halogens is 2. The number of amides is 1. The molecule has 5 nitrogen and oxygen atoms in total. The zero-order valence-electron chi connectivity index (χ0n) is 20.0. The molecule has 3 aromatic rings. The Morgan fingerprint density at radius 2 is 1.81 bits per heavy atom. The number of hydrogen-bond acceptors (Lipinski definition) is 3. The van der Waals surface area contributed by atoms with Gasteiger partial charge in [-0.05, 0) is 72.7 Å². The molecule has 0 spiro atoms. The maximum absolute atomic E-state index is 14.4. The average Bonchev–Trinajstić information content (AvgIpc) is 3.68. The number of carbonyl (C=O) groups is 2. The van der Waals surface area contributed by atoms with Crippen LogP contribution in [0.15, 0.2) is 72.9 Å². The summed E-state index contributed by atoms with van der Waals surface area (Å²) in [6, 6.07) is 20.5. The number of pyridine rings is 1. The van der Waals surface area contributed by atoms with Crippen molar-refractivity contribution < 1.29 is 14.7 Å². The van der Waals surface area contributed by atoms with E-state index < -0.39 is 11.4 Å². The highest BCUT2D eigenvalue weighted by Crippen LogP contribution is 2.57. The second kappa shape index (κ2) is 9.87. The first-order valence-corrected chi connectivity index (χ1v) is 13.0. The van der Waals surface area contributed by atoms with Gasteiger partial charge in [0.15, 0.2) is 0 Å². The number of aromatic nitrogens is 1. The van der Waals surface area contributed by atoms with Gasteiger partial charge in [-0.25, -0.2) is 0 Å². The van der Waals surface area contributed by atoms with Crippen LogP contribution in [-0.4, -0.2) is 26.9 Å². The molecule has 2 aliphatic rings. The Morgan fingerprint density at radius 1 is 1.06 bits per heavy atom. The first-order chi connectivity index (χ1) is 17.3. The number of hydrogen-bond donors (Lipinski definition) is 1. The summed E-state index contributed by atoms with van der Waals surface area (Å²) in [6.07, 6.45) is 3.89. The fourth-order valence-corrected chi connectivity index (χ4v) is 6.09. The molecule has 2 aromatic carbocycles. The minimum Gasteiger partial charge on any atom is -0.481 e. The molecule has 5 rings (SSSR count). The van der Waals surface area contributed by atoms with Crippen molar-refractivity contribution in [1.82, 2.24) is 9.88 Å². The van der Waals surface area contributed by atoms with Crippen LogP contribution in [0.4, 0.5) is 0 Å². The molecule has 1 amide bonds. The molecule has 36 heavy (non-hydrogen) atoms. The highest BCUT2D eigenvalue weighted by molar-refractivity contribution is 6.30. The second-order valence-electron chi connectivity index (χ2n) is 10.2. The maximum atomic E-state index is 14.4. The van der Waals surface area contributed by atoms with Crippen LogP contribution in [-0.2, 0) is 9.59 Å². The lowest BCUT2D eigenvalue weighted by molar-refractivity contribution is -0.161. The normalized spacial score (nSPS) is 25.0. The Labute approximate surface area is 221 Å². The molecule has 1 aliphatic heterocycles. The van der Waals surface area contributed by atoms with Crippen LogP contribution in [0.2, 0.25) is 10.0 Å². The Bertz CT molecular complexity index is 1260. The molecule has 186 valence electrons. The summed E-state index contributed by atoms with van der Waals surface area (Å²) in [7, 11) is 0. The second-order valence-corrected chi connectivity index (χ2v) is 11.1. The van der Waals surface area contributed by atoms with E-state index in [1.807, 2.05) is 71.6 Å². The fraction of sp³-hybridized carbons (Fsp3) is 0.345. The topological polar surface area (TPSA) is 70.5 Å². The Hall–Kier alpha value is -2.89. The minimum atomic E-state index is -1.08. The standard InChI is InChI=1S/C29H28Cl2N2O3/c1-29(17-25(34)35)16-23(20-5-4-6-22(31)15-20)26(18-10-12-21(30)13-11-18)33(28(29)36)27(19-8-9-19)24-7-2-3-14-32-24/h2-7,10-15,19,23,26-27H,8-9,16-17H2,1H3,(H,34,35)/t23-,26-,27-,29-/m1/s1. The van der Waals surface area contributed by atoms with Gasteiger partial charge in [0, 0.05) is 22.2 Å². The predicted octanol–water partition coefficient (Wildman–Crippen LogP) is 7.08. The molecule has 2 heterocycles. The number of likely N-dealkylation sites (tertiary alicyclic amines) is 1. The fourth-order valence-electron chi connectivity index (χ4n) is 5.76. The third-order valence-corrected chi connectivity index (χ3v) is 7.98. The van der Waals surface area contributed by atoms with Gasteiger partial charge in [0.05, 0.1) is 29.6 Å². The number of aliphatic carboxylic acids is 1. The summed E-state index contributed by atoms with van der Waals surface area (Å²) in [6.45, 7) is 1.79. The van der Waals surface area contributed by atoms with E-state index in [1.165, 1.54) is 0 Å². The van der Waals surface area contributed by atoms with Crippen molar-refractivity contribution in [3.05, 3.63) is 99.8 Å². The molecular weight excluding hydrogens is 495 g/mol. The van der Waals surface area contributed by atoms with Crippen LogP contribution in [0.5, 0.6) is 0 Å². The van der Waals surface area contributed by atoms with Crippen LogP contribution in [0, 0.1) is 11.3 Å². The van der Waals surface area contributed by atoms with Crippen LogP contribution < -0.4 is 0 Å². The summed E-state index contributed by atoms with van der Waals surface area (Å²) >= 11 is 12.7. The number of nitrogens with zero attached hydrogens (tertiary/aromatic N) is 2. The van der Waals surface area contributed by atoms with Gasteiger partial charge >= 0.3 is 5.97 Å². The Balaban J connectivity index is 1.73. The van der Waals surface area contributed by atoms with E-state index >= 15 is 0 Å². The van der Waals surface area contributed by atoms with E-state index in [0.717, 1.165) is 29.7 Å². The monoisotopic (exact) mass is 522 g/mol. The van der Waals surface area contributed by atoms with E-state index in [4.69, 9.17) is 23.2 Å². The van der Waals surface area contributed by atoms with Crippen molar-refractivity contribution >= 4 is 35.1 Å². The van der Waals surface area contributed by atoms with Crippen molar-refractivity contribution in [1.29, 1.82) is 0 Å². The molecular formula is C29H28Cl2N2O3. The lowest BCUT2D eigenvalue weighted by Crippen LogP contribution is -2.54. The molecule has 7 heteroatoms. The minimum absolute atomic E-state index is 0.148. The molecule has 1 N–H and O–H groups in total. The third-order valence-electron chi connectivity index (χ3n) is 7.49. The van der Waals surface area contributed by atoms with Gasteiger partial charge in [0.2, 0.25) is 5.91 Å². The van der Waals surface area contributed by atoms with E-state index in [9.17, 15) is 14.7 Å². The number of carboxylic acids is 1. The summed E-state index contributed by atoms with van der Waals surface area (Å²) < 4.78 is 0. The van der Waals surface area contributed by atoms with Crippen LogP contribution in [0.3, 0.4) is 0 Å². The molecule has 4 atom stereocenters. The Kier molecular flexibility index (Phi) is 6.80. The summed E-state index contributed by atoms with van der Waals surface area (Å²) in [5, 5.41) is 11.0. The quantitative estimate of drug-likeness (QED) is 0.359. The zero-order valence-corrected chi connectivity index (χ0v) is 21.5. The Morgan fingerprint density at radius 3 is 2.42 bits per heavy atom. The number of benzene rings is 2. The predicted molar refractivity (Wildman–Crippen MR) is 140 cm³/mol. The van der Waals surface area contributed by atoms with Crippen molar-refractivity contribution in [2.75, 3.05) is 0 Å². The zero-order chi connectivity index (χ0) is 25.4. The van der Waals surface area contributed by atoms with Crippen molar-refractivity contribution in [2.45, 2.75) is 50.6 Å². The third kappa shape index (κ3) is 4.87. The molecule has 1 saturated carbocycles. The molecule has 2 fully saturated rings. The smallest absolute Gasteiger partial charge is 0.304 e. The van der Waals surface area contributed by atoms with Crippen molar-refractivity contribution in [3.63, 3.8) is 0 Å².